The van der Waals surface area contributed by atoms with E-state index in [4.69, 9.17) is 0 Å². The topological polar surface area (TPSA) is 71.1 Å². The van der Waals surface area contributed by atoms with Gasteiger partial charge in [-0.2, -0.15) is 13.1 Å². The van der Waals surface area contributed by atoms with Crippen LogP contribution in [0.3, 0.4) is 0 Å². The lowest BCUT2D eigenvalue weighted by Gasteiger charge is -2.08. The first-order valence-corrected chi connectivity index (χ1v) is 9.10. The van der Waals surface area contributed by atoms with Crippen LogP contribution in [0.15, 0.2) is 35.8 Å². The first kappa shape index (κ1) is 16.1. The highest BCUT2D eigenvalue weighted by atomic mass is 32.2. The second-order valence-electron chi connectivity index (χ2n) is 4.67. The number of hydrogen-bond donors (Lipinski definition) is 2. The lowest BCUT2D eigenvalue weighted by molar-refractivity contribution is 0.564. The van der Waals surface area contributed by atoms with Gasteiger partial charge in [-0.1, -0.05) is 30.3 Å². The van der Waals surface area contributed by atoms with Gasteiger partial charge < -0.3 is 0 Å². The first-order chi connectivity index (χ1) is 10.1. The third-order valence-electron chi connectivity index (χ3n) is 3.03. The van der Waals surface area contributed by atoms with E-state index in [1.807, 2.05) is 42.8 Å². The Balaban J connectivity index is 1.70. The fourth-order valence-electron chi connectivity index (χ4n) is 1.85. The number of nitrogens with zero attached hydrogens (tertiary/aromatic N) is 1. The Morgan fingerprint density at radius 2 is 1.95 bits per heavy atom. The third kappa shape index (κ3) is 5.55. The SMILES string of the molecule is Cc1ncsc1CCCNS(=O)(=O)NCc1ccccc1. The van der Waals surface area contributed by atoms with Crippen LogP contribution in [-0.4, -0.2) is 19.9 Å². The van der Waals surface area contributed by atoms with E-state index in [1.165, 1.54) is 4.88 Å². The normalized spacial score (nSPS) is 11.7. The number of rotatable bonds is 8. The largest absolute Gasteiger partial charge is 0.277 e. The van der Waals surface area contributed by atoms with Crippen LogP contribution in [0.25, 0.3) is 0 Å². The molecule has 2 aromatic rings. The molecule has 1 aromatic heterocycles. The summed E-state index contributed by atoms with van der Waals surface area (Å²) in [6.07, 6.45) is 1.60. The van der Waals surface area contributed by atoms with Crippen LogP contribution in [-0.2, 0) is 23.2 Å². The summed E-state index contributed by atoms with van der Waals surface area (Å²) >= 11 is 1.61. The molecule has 0 saturated carbocycles. The van der Waals surface area contributed by atoms with Gasteiger partial charge in [0, 0.05) is 18.0 Å². The van der Waals surface area contributed by atoms with Crippen molar-refractivity contribution in [1.29, 1.82) is 0 Å². The molecule has 5 nitrogen and oxygen atoms in total. The minimum atomic E-state index is -3.44. The first-order valence-electron chi connectivity index (χ1n) is 6.74. The Bertz CT molecular complexity index is 654. The highest BCUT2D eigenvalue weighted by Gasteiger charge is 2.08. The molecule has 0 aliphatic rings. The molecule has 114 valence electrons. The van der Waals surface area contributed by atoms with Crippen molar-refractivity contribution in [3.05, 3.63) is 52.0 Å². The van der Waals surface area contributed by atoms with Gasteiger partial charge in [0.2, 0.25) is 0 Å². The van der Waals surface area contributed by atoms with Gasteiger partial charge in [-0.05, 0) is 25.3 Å². The maximum atomic E-state index is 11.8. The Kier molecular flexibility index (Phi) is 5.86. The number of hydrogen-bond acceptors (Lipinski definition) is 4. The molecule has 0 atom stereocenters. The van der Waals surface area contributed by atoms with Crippen LogP contribution in [0.4, 0.5) is 0 Å². The Hall–Kier alpha value is -1.28. The lowest BCUT2D eigenvalue weighted by Crippen LogP contribution is -2.36. The number of thiazole rings is 1. The van der Waals surface area contributed by atoms with E-state index < -0.39 is 10.2 Å². The van der Waals surface area contributed by atoms with Gasteiger partial charge in [0.1, 0.15) is 0 Å². The van der Waals surface area contributed by atoms with Crippen LogP contribution in [0.5, 0.6) is 0 Å². The van der Waals surface area contributed by atoms with Crippen LogP contribution in [0.1, 0.15) is 22.6 Å². The molecular weight excluding hydrogens is 306 g/mol. The molecule has 0 aliphatic heterocycles. The molecular formula is C14H19N3O2S2. The molecule has 0 radical (unpaired) electrons. The van der Waals surface area contributed by atoms with Crippen molar-refractivity contribution in [2.75, 3.05) is 6.54 Å². The smallest absolute Gasteiger partial charge is 0.250 e. The van der Waals surface area contributed by atoms with Crippen molar-refractivity contribution >= 4 is 21.5 Å². The Morgan fingerprint density at radius 1 is 1.19 bits per heavy atom. The van der Waals surface area contributed by atoms with Crippen LogP contribution in [0, 0.1) is 6.92 Å². The lowest BCUT2D eigenvalue weighted by atomic mass is 10.2. The number of nitrogens with one attached hydrogen (secondary N) is 2. The van der Waals surface area contributed by atoms with Gasteiger partial charge in [-0.15, -0.1) is 11.3 Å². The Morgan fingerprint density at radius 3 is 2.62 bits per heavy atom. The van der Waals surface area contributed by atoms with E-state index >= 15 is 0 Å². The average molecular weight is 325 g/mol. The molecule has 2 N–H and O–H groups in total. The predicted molar refractivity (Wildman–Crippen MR) is 85.4 cm³/mol. The summed E-state index contributed by atoms with van der Waals surface area (Å²) in [4.78, 5) is 5.39. The molecule has 1 aromatic carbocycles. The van der Waals surface area contributed by atoms with E-state index in [2.05, 4.69) is 14.4 Å². The van der Waals surface area contributed by atoms with Crippen LogP contribution in [0.2, 0.25) is 0 Å². The molecule has 1 heterocycles. The maximum Gasteiger partial charge on any atom is 0.277 e. The van der Waals surface area contributed by atoms with Crippen LogP contribution < -0.4 is 9.44 Å². The summed E-state index contributed by atoms with van der Waals surface area (Å²) in [6, 6.07) is 9.44. The van der Waals surface area contributed by atoms with Crippen molar-refractivity contribution in [3.8, 4) is 0 Å². The standard InChI is InChI=1S/C14H19N3O2S2/c1-12-14(20-11-15-12)8-5-9-16-21(18,19)17-10-13-6-3-2-4-7-13/h2-4,6-7,11,16-17H,5,8-10H2,1H3. The molecule has 0 fully saturated rings. The van der Waals surface area contributed by atoms with Gasteiger partial charge >= 0.3 is 0 Å². The van der Waals surface area contributed by atoms with Crippen LogP contribution >= 0.6 is 11.3 Å². The summed E-state index contributed by atoms with van der Waals surface area (Å²) < 4.78 is 28.7. The summed E-state index contributed by atoms with van der Waals surface area (Å²) in [5.74, 6) is 0. The Labute approximate surface area is 129 Å². The number of benzene rings is 1. The van der Waals surface area contributed by atoms with Gasteiger partial charge in [-0.3, -0.25) is 0 Å². The molecule has 0 bridgehead atoms. The second kappa shape index (κ2) is 7.65. The fourth-order valence-corrected chi connectivity index (χ4v) is 3.54. The van der Waals surface area contributed by atoms with Crippen molar-refractivity contribution in [1.82, 2.24) is 14.4 Å². The zero-order valence-electron chi connectivity index (χ0n) is 11.9. The zero-order valence-corrected chi connectivity index (χ0v) is 13.5. The molecule has 7 heteroatoms. The quantitative estimate of drug-likeness (QED) is 0.729. The highest BCUT2D eigenvalue weighted by molar-refractivity contribution is 7.87. The minimum Gasteiger partial charge on any atom is -0.250 e. The molecule has 21 heavy (non-hydrogen) atoms. The number of aryl methyl sites for hydroxylation is 2. The average Bonchev–Trinajstić information content (AvgIpc) is 2.88. The maximum absolute atomic E-state index is 11.8. The molecule has 0 aliphatic carbocycles. The molecule has 0 unspecified atom stereocenters. The summed E-state index contributed by atoms with van der Waals surface area (Å²) in [5, 5.41) is 0. The molecule has 0 spiro atoms. The monoisotopic (exact) mass is 325 g/mol. The van der Waals surface area contributed by atoms with E-state index in [0.29, 0.717) is 13.1 Å². The second-order valence-corrected chi connectivity index (χ2v) is 7.19. The summed E-state index contributed by atoms with van der Waals surface area (Å²) in [7, 11) is -3.44. The zero-order chi connectivity index (χ0) is 15.1. The van der Waals surface area contributed by atoms with Gasteiger partial charge in [0.25, 0.3) is 10.2 Å². The molecule has 0 amide bonds. The van der Waals surface area contributed by atoms with E-state index in [-0.39, 0.29) is 0 Å². The highest BCUT2D eigenvalue weighted by Crippen LogP contribution is 2.13. The summed E-state index contributed by atoms with van der Waals surface area (Å²) in [6.45, 7) is 2.68. The van der Waals surface area contributed by atoms with Crippen molar-refractivity contribution in [3.63, 3.8) is 0 Å². The van der Waals surface area contributed by atoms with Gasteiger partial charge in [0.05, 0.1) is 11.2 Å². The van der Waals surface area contributed by atoms with E-state index in [1.54, 1.807) is 11.3 Å². The third-order valence-corrected chi connectivity index (χ3v) is 5.13. The van der Waals surface area contributed by atoms with E-state index in [0.717, 1.165) is 24.1 Å². The fraction of sp³-hybridized carbons (Fsp3) is 0.357. The van der Waals surface area contributed by atoms with Crippen molar-refractivity contribution in [2.24, 2.45) is 0 Å². The van der Waals surface area contributed by atoms with Crippen molar-refractivity contribution < 1.29 is 8.42 Å². The minimum absolute atomic E-state index is 0.296. The van der Waals surface area contributed by atoms with Crippen molar-refractivity contribution in [2.45, 2.75) is 26.3 Å². The summed E-state index contributed by atoms with van der Waals surface area (Å²) in [5.41, 5.74) is 3.78. The predicted octanol–water partition coefficient (Wildman–Crippen LogP) is 2.01. The van der Waals surface area contributed by atoms with E-state index in [9.17, 15) is 8.42 Å². The number of aromatic nitrogens is 1. The molecule has 2 rings (SSSR count). The van der Waals surface area contributed by atoms with Gasteiger partial charge in [0.15, 0.2) is 0 Å². The molecule has 0 saturated heterocycles. The van der Waals surface area contributed by atoms with Gasteiger partial charge in [-0.25, -0.2) is 9.71 Å².